The number of hydrogen-bond acceptors (Lipinski definition) is 3. The molecular formula is C12H20O2S. The Morgan fingerprint density at radius 1 is 1.07 bits per heavy atom. The SMILES string of the molecule is C/C=C/c1sc(C)c(OC)c1OC.CC. The van der Waals surface area contributed by atoms with Gasteiger partial charge in [-0.3, -0.25) is 0 Å². The van der Waals surface area contributed by atoms with E-state index in [4.69, 9.17) is 9.47 Å². The Morgan fingerprint density at radius 2 is 1.60 bits per heavy atom. The van der Waals surface area contributed by atoms with Crippen molar-refractivity contribution in [1.82, 2.24) is 0 Å². The summed E-state index contributed by atoms with van der Waals surface area (Å²) in [5.74, 6) is 1.68. The molecule has 3 heteroatoms. The van der Waals surface area contributed by atoms with Gasteiger partial charge in [-0.25, -0.2) is 0 Å². The van der Waals surface area contributed by atoms with Crippen LogP contribution in [0.2, 0.25) is 0 Å². The van der Waals surface area contributed by atoms with Crippen LogP contribution in [0.25, 0.3) is 6.08 Å². The van der Waals surface area contributed by atoms with Gasteiger partial charge in [0, 0.05) is 4.88 Å². The maximum Gasteiger partial charge on any atom is 0.179 e. The lowest BCUT2D eigenvalue weighted by atomic mass is 10.3. The quantitative estimate of drug-likeness (QED) is 0.774. The van der Waals surface area contributed by atoms with E-state index in [2.05, 4.69) is 0 Å². The molecule has 0 amide bonds. The second-order valence-electron chi connectivity index (χ2n) is 2.59. The molecule has 0 spiro atoms. The van der Waals surface area contributed by atoms with E-state index < -0.39 is 0 Å². The van der Waals surface area contributed by atoms with Crippen LogP contribution in [0.3, 0.4) is 0 Å². The fourth-order valence-electron chi connectivity index (χ4n) is 1.22. The summed E-state index contributed by atoms with van der Waals surface area (Å²) in [5, 5.41) is 0. The van der Waals surface area contributed by atoms with Gasteiger partial charge in [0.05, 0.1) is 19.1 Å². The first-order chi connectivity index (χ1) is 7.24. The molecule has 0 aliphatic heterocycles. The van der Waals surface area contributed by atoms with Crippen LogP contribution >= 0.6 is 11.3 Å². The molecule has 2 nitrogen and oxygen atoms in total. The van der Waals surface area contributed by atoms with E-state index in [0.29, 0.717) is 0 Å². The van der Waals surface area contributed by atoms with E-state index in [1.807, 2.05) is 39.8 Å². The zero-order valence-corrected chi connectivity index (χ0v) is 11.2. The van der Waals surface area contributed by atoms with Gasteiger partial charge in [0.25, 0.3) is 0 Å². The van der Waals surface area contributed by atoms with Gasteiger partial charge in [0.2, 0.25) is 0 Å². The molecule has 1 rings (SSSR count). The van der Waals surface area contributed by atoms with Crippen LogP contribution in [-0.2, 0) is 0 Å². The Morgan fingerprint density at radius 3 is 2.00 bits per heavy atom. The minimum atomic E-state index is 0.836. The highest BCUT2D eigenvalue weighted by atomic mass is 32.1. The van der Waals surface area contributed by atoms with E-state index >= 15 is 0 Å². The van der Waals surface area contributed by atoms with Crippen molar-refractivity contribution in [1.29, 1.82) is 0 Å². The summed E-state index contributed by atoms with van der Waals surface area (Å²) in [5.41, 5.74) is 0. The number of allylic oxidation sites excluding steroid dienone is 1. The lowest BCUT2D eigenvalue weighted by molar-refractivity contribution is 0.356. The molecule has 15 heavy (non-hydrogen) atoms. The molecule has 1 aromatic rings. The second kappa shape index (κ2) is 7.35. The minimum absolute atomic E-state index is 0.836. The molecule has 1 aromatic heterocycles. The van der Waals surface area contributed by atoms with E-state index in [1.54, 1.807) is 25.6 Å². The van der Waals surface area contributed by atoms with Crippen molar-refractivity contribution in [2.45, 2.75) is 27.7 Å². The van der Waals surface area contributed by atoms with Gasteiger partial charge in [-0.1, -0.05) is 19.9 Å². The molecule has 0 saturated carbocycles. The van der Waals surface area contributed by atoms with Crippen molar-refractivity contribution < 1.29 is 9.47 Å². The summed E-state index contributed by atoms with van der Waals surface area (Å²) in [7, 11) is 3.33. The smallest absolute Gasteiger partial charge is 0.179 e. The van der Waals surface area contributed by atoms with Crippen molar-refractivity contribution >= 4 is 17.4 Å². The number of methoxy groups -OCH3 is 2. The molecule has 0 atom stereocenters. The Labute approximate surface area is 96.5 Å². The summed E-state index contributed by atoms with van der Waals surface area (Å²) in [4.78, 5) is 2.26. The molecule has 0 N–H and O–H groups in total. The van der Waals surface area contributed by atoms with Crippen LogP contribution in [0.4, 0.5) is 0 Å². The first kappa shape index (κ1) is 14.0. The minimum Gasteiger partial charge on any atom is -0.492 e. The lowest BCUT2D eigenvalue weighted by Gasteiger charge is -2.02. The molecule has 1 heterocycles. The zero-order valence-electron chi connectivity index (χ0n) is 10.4. The molecule has 86 valence electrons. The molecule has 0 unspecified atom stereocenters. The summed E-state index contributed by atoms with van der Waals surface area (Å²) in [6.45, 7) is 8.01. The van der Waals surface area contributed by atoms with Crippen LogP contribution in [-0.4, -0.2) is 14.2 Å². The second-order valence-corrected chi connectivity index (χ2v) is 3.85. The molecule has 0 saturated heterocycles. The maximum absolute atomic E-state index is 5.27. The van der Waals surface area contributed by atoms with Crippen LogP contribution in [0, 0.1) is 6.92 Å². The average molecular weight is 228 g/mol. The van der Waals surface area contributed by atoms with Crippen LogP contribution in [0.5, 0.6) is 11.5 Å². The molecule has 0 aliphatic carbocycles. The van der Waals surface area contributed by atoms with Gasteiger partial charge >= 0.3 is 0 Å². The van der Waals surface area contributed by atoms with Gasteiger partial charge in [-0.2, -0.15) is 0 Å². The van der Waals surface area contributed by atoms with Crippen molar-refractivity contribution in [2.24, 2.45) is 0 Å². The van der Waals surface area contributed by atoms with E-state index in [9.17, 15) is 0 Å². The van der Waals surface area contributed by atoms with Gasteiger partial charge in [0.15, 0.2) is 11.5 Å². The monoisotopic (exact) mass is 228 g/mol. The molecule has 0 bridgehead atoms. The van der Waals surface area contributed by atoms with Crippen LogP contribution in [0.15, 0.2) is 6.08 Å². The topological polar surface area (TPSA) is 18.5 Å². The Balaban J connectivity index is 0.000000921. The third-order valence-corrected chi connectivity index (χ3v) is 2.77. The number of thiophene rings is 1. The van der Waals surface area contributed by atoms with Gasteiger partial charge in [0.1, 0.15) is 0 Å². The highest BCUT2D eigenvalue weighted by Gasteiger charge is 2.14. The average Bonchev–Trinajstić information content (AvgIpc) is 2.57. The van der Waals surface area contributed by atoms with Crippen molar-refractivity contribution in [3.63, 3.8) is 0 Å². The van der Waals surface area contributed by atoms with Crippen molar-refractivity contribution in [3.05, 3.63) is 15.8 Å². The molecule has 0 radical (unpaired) electrons. The van der Waals surface area contributed by atoms with Crippen molar-refractivity contribution in [2.75, 3.05) is 14.2 Å². The Hall–Kier alpha value is -0.960. The fraction of sp³-hybridized carbons (Fsp3) is 0.500. The van der Waals surface area contributed by atoms with Gasteiger partial charge in [-0.05, 0) is 19.9 Å². The normalized spacial score (nSPS) is 9.73. The van der Waals surface area contributed by atoms with Gasteiger partial charge < -0.3 is 9.47 Å². The largest absolute Gasteiger partial charge is 0.492 e. The number of rotatable bonds is 3. The van der Waals surface area contributed by atoms with E-state index in [1.165, 1.54) is 0 Å². The maximum atomic E-state index is 5.27. The number of hydrogen-bond donors (Lipinski definition) is 0. The van der Waals surface area contributed by atoms with Crippen LogP contribution in [0.1, 0.15) is 30.5 Å². The predicted octanol–water partition coefficient (Wildman–Crippen LogP) is 4.13. The standard InChI is InChI=1S/C10H14O2S.C2H6/c1-5-6-8-10(12-4)9(11-3)7(2)13-8;1-2/h5-6H,1-4H3;1-2H3/b6-5+;. The number of ether oxygens (including phenoxy) is 2. The lowest BCUT2D eigenvalue weighted by Crippen LogP contribution is -1.88. The van der Waals surface area contributed by atoms with Crippen LogP contribution < -0.4 is 9.47 Å². The third-order valence-electron chi connectivity index (χ3n) is 1.74. The Kier molecular flexibility index (Phi) is 6.88. The first-order valence-electron chi connectivity index (χ1n) is 5.08. The zero-order chi connectivity index (χ0) is 11.8. The summed E-state index contributed by atoms with van der Waals surface area (Å²) in [6, 6.07) is 0. The van der Waals surface area contributed by atoms with Gasteiger partial charge in [-0.15, -0.1) is 11.3 Å². The predicted molar refractivity (Wildman–Crippen MR) is 68.2 cm³/mol. The first-order valence-corrected chi connectivity index (χ1v) is 5.90. The van der Waals surface area contributed by atoms with E-state index in [0.717, 1.165) is 21.3 Å². The highest BCUT2D eigenvalue weighted by Crippen LogP contribution is 2.41. The van der Waals surface area contributed by atoms with Crippen molar-refractivity contribution in [3.8, 4) is 11.5 Å². The Bertz CT molecular complexity index is 314. The summed E-state index contributed by atoms with van der Waals surface area (Å²) < 4.78 is 10.5. The number of aryl methyl sites for hydroxylation is 1. The molecular weight excluding hydrogens is 208 g/mol. The molecule has 0 aliphatic rings. The summed E-state index contributed by atoms with van der Waals surface area (Å²) in [6.07, 6.45) is 4.02. The third kappa shape index (κ3) is 3.27. The fourth-order valence-corrected chi connectivity index (χ4v) is 2.29. The summed E-state index contributed by atoms with van der Waals surface area (Å²) >= 11 is 1.68. The molecule has 0 aromatic carbocycles. The highest BCUT2D eigenvalue weighted by molar-refractivity contribution is 7.13. The molecule has 0 fully saturated rings. The van der Waals surface area contributed by atoms with E-state index in [-0.39, 0.29) is 0 Å².